The first-order valence-electron chi connectivity index (χ1n) is 5.82. The molecule has 0 amide bonds. The van der Waals surface area contributed by atoms with Gasteiger partial charge in [0, 0.05) is 30.5 Å². The fourth-order valence-electron chi connectivity index (χ4n) is 1.73. The Morgan fingerprint density at radius 1 is 1.30 bits per heavy atom. The van der Waals surface area contributed by atoms with Gasteiger partial charge < -0.3 is 5.73 Å². The molecule has 0 bridgehead atoms. The molecule has 1 aromatic carbocycles. The summed E-state index contributed by atoms with van der Waals surface area (Å²) in [5.41, 5.74) is 6.78. The van der Waals surface area contributed by atoms with Crippen LogP contribution in [0.3, 0.4) is 0 Å². The SMILES string of the molecule is CN(Cc1ccccc1Br)S(=O)(=O)c1cnccc1N. The molecule has 5 nitrogen and oxygen atoms in total. The van der Waals surface area contributed by atoms with E-state index < -0.39 is 10.0 Å². The summed E-state index contributed by atoms with van der Waals surface area (Å²) >= 11 is 3.40. The van der Waals surface area contributed by atoms with Crippen LogP contribution in [0.4, 0.5) is 5.69 Å². The van der Waals surface area contributed by atoms with Crippen LogP contribution in [0.15, 0.2) is 52.1 Å². The zero-order valence-corrected chi connectivity index (χ0v) is 13.2. The van der Waals surface area contributed by atoms with E-state index in [1.165, 1.54) is 29.8 Å². The lowest BCUT2D eigenvalue weighted by atomic mass is 10.2. The number of halogens is 1. The maximum Gasteiger partial charge on any atom is 0.246 e. The highest BCUT2D eigenvalue weighted by Gasteiger charge is 2.24. The summed E-state index contributed by atoms with van der Waals surface area (Å²) in [4.78, 5) is 3.85. The van der Waals surface area contributed by atoms with Gasteiger partial charge in [-0.2, -0.15) is 4.31 Å². The molecular formula is C13H14BrN3O2S. The van der Waals surface area contributed by atoms with Crippen LogP contribution >= 0.6 is 15.9 Å². The topological polar surface area (TPSA) is 76.3 Å². The van der Waals surface area contributed by atoms with Gasteiger partial charge in [0.1, 0.15) is 4.90 Å². The van der Waals surface area contributed by atoms with E-state index in [0.29, 0.717) is 0 Å². The van der Waals surface area contributed by atoms with Crippen LogP contribution in [-0.2, 0) is 16.6 Å². The molecule has 1 aromatic heterocycles. The van der Waals surface area contributed by atoms with E-state index in [1.807, 2.05) is 24.3 Å². The normalized spacial score (nSPS) is 11.8. The maximum atomic E-state index is 12.5. The highest BCUT2D eigenvalue weighted by Crippen LogP contribution is 2.23. The molecule has 0 saturated heterocycles. The van der Waals surface area contributed by atoms with Crippen molar-refractivity contribution in [3.8, 4) is 0 Å². The van der Waals surface area contributed by atoms with Crippen LogP contribution in [0.1, 0.15) is 5.56 Å². The quantitative estimate of drug-likeness (QED) is 0.912. The van der Waals surface area contributed by atoms with Gasteiger partial charge in [-0.15, -0.1) is 0 Å². The summed E-state index contributed by atoms with van der Waals surface area (Å²) in [5, 5.41) is 0. The summed E-state index contributed by atoms with van der Waals surface area (Å²) in [7, 11) is -2.14. The van der Waals surface area contributed by atoms with Crippen molar-refractivity contribution in [3.63, 3.8) is 0 Å². The molecule has 0 radical (unpaired) electrons. The van der Waals surface area contributed by atoms with Gasteiger partial charge >= 0.3 is 0 Å². The Labute approximate surface area is 126 Å². The number of sulfonamides is 1. The second-order valence-electron chi connectivity index (χ2n) is 4.27. The molecule has 0 unspecified atom stereocenters. The predicted octanol–water partition coefficient (Wildman–Crippen LogP) is 2.25. The van der Waals surface area contributed by atoms with Crippen LogP contribution in [-0.4, -0.2) is 24.8 Å². The summed E-state index contributed by atoms with van der Waals surface area (Å²) in [6.07, 6.45) is 2.73. The molecule has 7 heteroatoms. The van der Waals surface area contributed by atoms with E-state index in [1.54, 1.807) is 0 Å². The van der Waals surface area contributed by atoms with Crippen LogP contribution in [0.5, 0.6) is 0 Å². The number of hydrogen-bond acceptors (Lipinski definition) is 4. The summed E-state index contributed by atoms with van der Waals surface area (Å²) in [6.45, 7) is 0.248. The zero-order valence-electron chi connectivity index (χ0n) is 10.8. The molecule has 0 spiro atoms. The van der Waals surface area contributed by atoms with Crippen molar-refractivity contribution < 1.29 is 8.42 Å². The third-order valence-electron chi connectivity index (χ3n) is 2.86. The van der Waals surface area contributed by atoms with Gasteiger partial charge in [0.2, 0.25) is 10.0 Å². The number of rotatable bonds is 4. The molecule has 2 aromatic rings. The Morgan fingerprint density at radius 2 is 2.00 bits per heavy atom. The predicted molar refractivity (Wildman–Crippen MR) is 81.4 cm³/mol. The molecule has 0 saturated carbocycles. The number of nitrogens with zero attached hydrogens (tertiary/aromatic N) is 2. The third-order valence-corrected chi connectivity index (χ3v) is 5.48. The number of pyridine rings is 1. The first-order valence-corrected chi connectivity index (χ1v) is 8.05. The molecule has 0 fully saturated rings. The van der Waals surface area contributed by atoms with E-state index in [4.69, 9.17) is 5.73 Å². The van der Waals surface area contributed by atoms with Crippen molar-refractivity contribution >= 4 is 31.6 Å². The summed E-state index contributed by atoms with van der Waals surface area (Å²) < 4.78 is 27.0. The largest absolute Gasteiger partial charge is 0.398 e. The Kier molecular flexibility index (Phi) is 4.42. The number of anilines is 1. The molecular weight excluding hydrogens is 342 g/mol. The first-order chi connectivity index (χ1) is 9.43. The van der Waals surface area contributed by atoms with E-state index in [9.17, 15) is 8.42 Å². The second-order valence-corrected chi connectivity index (χ2v) is 7.13. The van der Waals surface area contributed by atoms with Crippen molar-refractivity contribution in [2.24, 2.45) is 0 Å². The highest BCUT2D eigenvalue weighted by atomic mass is 79.9. The van der Waals surface area contributed by atoms with Gasteiger partial charge in [-0.3, -0.25) is 4.98 Å². The molecule has 0 aliphatic heterocycles. The lowest BCUT2D eigenvalue weighted by Gasteiger charge is -2.18. The first kappa shape index (κ1) is 15.0. The third kappa shape index (κ3) is 3.00. The minimum Gasteiger partial charge on any atom is -0.398 e. The van der Waals surface area contributed by atoms with Gasteiger partial charge in [-0.05, 0) is 17.7 Å². The van der Waals surface area contributed by atoms with Crippen molar-refractivity contribution in [2.45, 2.75) is 11.4 Å². The van der Waals surface area contributed by atoms with E-state index >= 15 is 0 Å². The van der Waals surface area contributed by atoms with Crippen LogP contribution < -0.4 is 5.73 Å². The van der Waals surface area contributed by atoms with Gasteiger partial charge in [0.25, 0.3) is 0 Å². The van der Waals surface area contributed by atoms with Gasteiger partial charge in [-0.25, -0.2) is 8.42 Å². The van der Waals surface area contributed by atoms with Crippen LogP contribution in [0.2, 0.25) is 0 Å². The minimum atomic E-state index is -3.66. The molecule has 0 atom stereocenters. The lowest BCUT2D eigenvalue weighted by Crippen LogP contribution is -2.27. The van der Waals surface area contributed by atoms with Crippen molar-refractivity contribution in [1.82, 2.24) is 9.29 Å². The Bertz CT molecular complexity index is 719. The number of benzene rings is 1. The van der Waals surface area contributed by atoms with Gasteiger partial charge in [0.15, 0.2) is 0 Å². The fraction of sp³-hybridized carbons (Fsp3) is 0.154. The van der Waals surface area contributed by atoms with E-state index in [0.717, 1.165) is 10.0 Å². The monoisotopic (exact) mass is 355 g/mol. The van der Waals surface area contributed by atoms with Gasteiger partial charge in [-0.1, -0.05) is 34.1 Å². The van der Waals surface area contributed by atoms with Gasteiger partial charge in [0.05, 0.1) is 5.69 Å². The number of hydrogen-bond donors (Lipinski definition) is 1. The number of nitrogens with two attached hydrogens (primary N) is 1. The summed E-state index contributed by atoms with van der Waals surface area (Å²) in [6, 6.07) is 8.94. The molecule has 0 aliphatic rings. The average molecular weight is 356 g/mol. The Balaban J connectivity index is 2.31. The second kappa shape index (κ2) is 5.90. The molecule has 2 rings (SSSR count). The van der Waals surface area contributed by atoms with Crippen LogP contribution in [0.25, 0.3) is 0 Å². The Morgan fingerprint density at radius 3 is 2.65 bits per heavy atom. The van der Waals surface area contributed by atoms with E-state index in [-0.39, 0.29) is 17.1 Å². The zero-order chi connectivity index (χ0) is 14.8. The van der Waals surface area contributed by atoms with E-state index in [2.05, 4.69) is 20.9 Å². The highest BCUT2D eigenvalue weighted by molar-refractivity contribution is 9.10. The van der Waals surface area contributed by atoms with Crippen molar-refractivity contribution in [3.05, 3.63) is 52.8 Å². The standard InChI is InChI=1S/C13H14BrN3O2S/c1-17(9-10-4-2-3-5-11(10)14)20(18,19)13-8-16-7-6-12(13)15/h2-8H,9H2,1H3,(H2,15,16). The molecule has 106 valence electrons. The number of aromatic nitrogens is 1. The lowest BCUT2D eigenvalue weighted by molar-refractivity contribution is 0.466. The smallest absolute Gasteiger partial charge is 0.246 e. The Hall–Kier alpha value is -1.44. The fourth-order valence-corrected chi connectivity index (χ4v) is 3.34. The maximum absolute atomic E-state index is 12.5. The molecule has 1 heterocycles. The molecule has 0 aliphatic carbocycles. The van der Waals surface area contributed by atoms with Crippen LogP contribution in [0, 0.1) is 0 Å². The van der Waals surface area contributed by atoms with Crippen molar-refractivity contribution in [2.75, 3.05) is 12.8 Å². The molecule has 2 N–H and O–H groups in total. The number of nitrogen functional groups attached to an aromatic ring is 1. The summed E-state index contributed by atoms with van der Waals surface area (Å²) in [5.74, 6) is 0. The minimum absolute atomic E-state index is 0.0227. The van der Waals surface area contributed by atoms with Crippen molar-refractivity contribution in [1.29, 1.82) is 0 Å². The molecule has 20 heavy (non-hydrogen) atoms. The average Bonchev–Trinajstić information content (AvgIpc) is 2.41.